The van der Waals surface area contributed by atoms with E-state index in [-0.39, 0.29) is 0 Å². The van der Waals surface area contributed by atoms with Gasteiger partial charge < -0.3 is 15.4 Å². The topological polar surface area (TPSA) is 96.4 Å². The fourth-order valence-corrected chi connectivity index (χ4v) is 3.43. The number of ether oxygens (including phenoxy) is 1. The van der Waals surface area contributed by atoms with E-state index in [0.717, 1.165) is 28.3 Å². The Morgan fingerprint density at radius 2 is 1.19 bits per heavy atom. The molecule has 1 aromatic heterocycles. The Bertz CT molecular complexity index is 1390. The number of nitrogens with zero attached hydrogens (tertiary/aromatic N) is 4. The van der Waals surface area contributed by atoms with Crippen molar-refractivity contribution in [2.45, 2.75) is 6.61 Å². The molecule has 1 heterocycles. The summed E-state index contributed by atoms with van der Waals surface area (Å²) in [6, 6.07) is 37.2. The van der Waals surface area contributed by atoms with Crippen LogP contribution >= 0.6 is 0 Å². The standard InChI is InChI=1S/C29H25N7O/c1-4-11-22(12-5-1)21-37-26-18-10-13-23(19-26)20-30-36-29-34-27(31-24-14-6-2-7-15-24)33-28(35-29)32-25-16-8-3-9-17-25/h1-20H,21H2,(H3,31,32,33,34,35,36)/b30-20+. The zero-order valence-corrected chi connectivity index (χ0v) is 20.0. The molecule has 8 heteroatoms. The van der Waals surface area contributed by atoms with Crippen molar-refractivity contribution >= 4 is 35.4 Å². The van der Waals surface area contributed by atoms with Crippen LogP contribution in [0.2, 0.25) is 0 Å². The smallest absolute Gasteiger partial charge is 0.250 e. The van der Waals surface area contributed by atoms with Crippen molar-refractivity contribution < 1.29 is 4.74 Å². The third-order valence-corrected chi connectivity index (χ3v) is 5.18. The molecule has 0 saturated carbocycles. The van der Waals surface area contributed by atoms with Crippen LogP contribution in [0.1, 0.15) is 11.1 Å². The molecule has 0 atom stereocenters. The molecule has 0 amide bonds. The predicted molar refractivity (Wildman–Crippen MR) is 148 cm³/mol. The van der Waals surface area contributed by atoms with Crippen LogP contribution in [-0.4, -0.2) is 21.2 Å². The van der Waals surface area contributed by atoms with E-state index in [4.69, 9.17) is 4.74 Å². The number of hydrogen-bond acceptors (Lipinski definition) is 8. The summed E-state index contributed by atoms with van der Waals surface area (Å²) in [7, 11) is 0. The van der Waals surface area contributed by atoms with Crippen molar-refractivity contribution in [3.05, 3.63) is 126 Å². The highest BCUT2D eigenvalue weighted by molar-refractivity contribution is 5.80. The lowest BCUT2D eigenvalue weighted by molar-refractivity contribution is 0.306. The van der Waals surface area contributed by atoms with E-state index in [9.17, 15) is 0 Å². The predicted octanol–water partition coefficient (Wildman–Crippen LogP) is 6.38. The van der Waals surface area contributed by atoms with Crippen LogP contribution in [0.25, 0.3) is 0 Å². The first-order valence-corrected chi connectivity index (χ1v) is 11.8. The van der Waals surface area contributed by atoms with Crippen molar-refractivity contribution in [3.63, 3.8) is 0 Å². The highest BCUT2D eigenvalue weighted by atomic mass is 16.5. The number of aromatic nitrogens is 3. The van der Waals surface area contributed by atoms with Gasteiger partial charge in [-0.05, 0) is 47.5 Å². The van der Waals surface area contributed by atoms with E-state index in [0.29, 0.717) is 24.5 Å². The summed E-state index contributed by atoms with van der Waals surface area (Å²) in [6.45, 7) is 0.499. The second-order valence-electron chi connectivity index (χ2n) is 8.01. The molecule has 3 N–H and O–H groups in total. The number of hydrogen-bond donors (Lipinski definition) is 3. The number of benzene rings is 4. The van der Waals surface area contributed by atoms with Gasteiger partial charge in [-0.1, -0.05) is 78.9 Å². The van der Waals surface area contributed by atoms with Gasteiger partial charge in [0.05, 0.1) is 6.21 Å². The van der Waals surface area contributed by atoms with E-state index in [1.54, 1.807) is 6.21 Å². The Hall–Kier alpha value is -5.24. The summed E-state index contributed by atoms with van der Waals surface area (Å²) in [6.07, 6.45) is 1.69. The summed E-state index contributed by atoms with van der Waals surface area (Å²) < 4.78 is 5.91. The molecule has 8 nitrogen and oxygen atoms in total. The molecule has 0 bridgehead atoms. The maximum atomic E-state index is 5.91. The summed E-state index contributed by atoms with van der Waals surface area (Å²) in [5, 5.41) is 10.7. The van der Waals surface area contributed by atoms with Gasteiger partial charge in [0.25, 0.3) is 0 Å². The van der Waals surface area contributed by atoms with Gasteiger partial charge >= 0.3 is 0 Å². The fourth-order valence-electron chi connectivity index (χ4n) is 3.43. The largest absolute Gasteiger partial charge is 0.489 e. The minimum Gasteiger partial charge on any atom is -0.489 e. The number of anilines is 5. The molecule has 0 aliphatic heterocycles. The van der Waals surface area contributed by atoms with Crippen LogP contribution in [0.4, 0.5) is 29.2 Å². The molecule has 5 rings (SSSR count). The summed E-state index contributed by atoms with van der Waals surface area (Å²) in [5.41, 5.74) is 6.62. The van der Waals surface area contributed by atoms with E-state index in [1.807, 2.05) is 115 Å². The normalized spacial score (nSPS) is 10.7. The Morgan fingerprint density at radius 3 is 1.81 bits per heavy atom. The minimum absolute atomic E-state index is 0.291. The molecular formula is C29H25N7O. The third kappa shape index (κ3) is 7.12. The molecule has 0 aliphatic rings. The molecule has 4 aromatic carbocycles. The van der Waals surface area contributed by atoms with Gasteiger partial charge in [0, 0.05) is 11.4 Å². The van der Waals surface area contributed by atoms with E-state index in [2.05, 4.69) is 36.1 Å². The van der Waals surface area contributed by atoms with Gasteiger partial charge in [0.1, 0.15) is 12.4 Å². The monoisotopic (exact) mass is 487 g/mol. The Balaban J connectivity index is 1.29. The van der Waals surface area contributed by atoms with Crippen molar-refractivity contribution in [1.82, 2.24) is 15.0 Å². The molecule has 0 aliphatic carbocycles. The van der Waals surface area contributed by atoms with Crippen LogP contribution in [0, 0.1) is 0 Å². The molecular weight excluding hydrogens is 462 g/mol. The van der Waals surface area contributed by atoms with Crippen molar-refractivity contribution in [3.8, 4) is 5.75 Å². The quantitative estimate of drug-likeness (QED) is 0.155. The van der Waals surface area contributed by atoms with Gasteiger partial charge in [0.2, 0.25) is 17.8 Å². The van der Waals surface area contributed by atoms with Gasteiger partial charge in [-0.25, -0.2) is 5.43 Å². The van der Waals surface area contributed by atoms with E-state index < -0.39 is 0 Å². The highest BCUT2D eigenvalue weighted by Crippen LogP contribution is 2.19. The number of nitrogens with one attached hydrogen (secondary N) is 3. The lowest BCUT2D eigenvalue weighted by Crippen LogP contribution is -2.07. The van der Waals surface area contributed by atoms with Gasteiger partial charge in [-0.3, -0.25) is 0 Å². The molecule has 0 unspecified atom stereocenters. The molecule has 182 valence electrons. The molecule has 5 aromatic rings. The number of para-hydroxylation sites is 2. The van der Waals surface area contributed by atoms with E-state index in [1.165, 1.54) is 0 Å². The number of rotatable bonds is 10. The Labute approximate surface area is 215 Å². The van der Waals surface area contributed by atoms with Crippen LogP contribution in [-0.2, 0) is 6.61 Å². The first kappa shape index (κ1) is 23.5. The molecule has 37 heavy (non-hydrogen) atoms. The Kier molecular flexibility index (Phi) is 7.59. The minimum atomic E-state index is 0.291. The second-order valence-corrected chi connectivity index (χ2v) is 8.01. The summed E-state index contributed by atoms with van der Waals surface area (Å²) >= 11 is 0. The second kappa shape index (κ2) is 11.9. The van der Waals surface area contributed by atoms with Gasteiger partial charge in [-0.15, -0.1) is 0 Å². The highest BCUT2D eigenvalue weighted by Gasteiger charge is 2.07. The zero-order valence-electron chi connectivity index (χ0n) is 20.0. The summed E-state index contributed by atoms with van der Waals surface area (Å²) in [5.74, 6) is 1.82. The fraction of sp³-hybridized carbons (Fsp3) is 0.0345. The first-order chi connectivity index (χ1) is 18.3. The van der Waals surface area contributed by atoms with Crippen molar-refractivity contribution in [2.75, 3.05) is 16.1 Å². The van der Waals surface area contributed by atoms with E-state index >= 15 is 0 Å². The number of hydrazone groups is 1. The van der Waals surface area contributed by atoms with Crippen LogP contribution in [0.5, 0.6) is 5.75 Å². The lowest BCUT2D eigenvalue weighted by Gasteiger charge is -2.10. The average Bonchev–Trinajstić information content (AvgIpc) is 2.94. The third-order valence-electron chi connectivity index (χ3n) is 5.18. The first-order valence-electron chi connectivity index (χ1n) is 11.8. The van der Waals surface area contributed by atoms with Crippen LogP contribution in [0.3, 0.4) is 0 Å². The maximum absolute atomic E-state index is 5.91. The molecule has 0 radical (unpaired) electrons. The summed E-state index contributed by atoms with van der Waals surface area (Å²) in [4.78, 5) is 13.4. The molecule has 0 fully saturated rings. The SMILES string of the molecule is C(=N\Nc1nc(Nc2ccccc2)nc(Nc2ccccc2)n1)/c1cccc(OCc2ccccc2)c1. The maximum Gasteiger partial charge on any atom is 0.250 e. The molecule has 0 spiro atoms. The van der Waals surface area contributed by atoms with Crippen molar-refractivity contribution in [1.29, 1.82) is 0 Å². The Morgan fingerprint density at radius 1 is 0.622 bits per heavy atom. The lowest BCUT2D eigenvalue weighted by atomic mass is 10.2. The van der Waals surface area contributed by atoms with Gasteiger partial charge in [-0.2, -0.15) is 20.1 Å². The van der Waals surface area contributed by atoms with Crippen LogP contribution in [0.15, 0.2) is 120 Å². The van der Waals surface area contributed by atoms with Crippen LogP contribution < -0.4 is 20.8 Å². The van der Waals surface area contributed by atoms with Gasteiger partial charge in [0.15, 0.2) is 0 Å². The molecule has 0 saturated heterocycles. The zero-order chi connectivity index (χ0) is 25.1. The van der Waals surface area contributed by atoms with Crippen molar-refractivity contribution in [2.24, 2.45) is 5.10 Å². The average molecular weight is 488 g/mol.